The Morgan fingerprint density at radius 3 is 2.27 bits per heavy atom. The van der Waals surface area contributed by atoms with Gasteiger partial charge in [-0.2, -0.15) is 0 Å². The van der Waals surface area contributed by atoms with Gasteiger partial charge in [-0.1, -0.05) is 51.3 Å². The fourth-order valence-corrected chi connectivity index (χ4v) is 3.78. The number of halogens is 3. The lowest BCUT2D eigenvalue weighted by Gasteiger charge is -2.13. The number of hydrogen-bond acceptors (Lipinski definition) is 3. The molecule has 0 aliphatic heterocycles. The zero-order chi connectivity index (χ0) is 23.5. The standard InChI is InChI=1S/C23H15BrCl2N4O3/c24-14-5-10-19-13(11-14)12-20(21(31)27-16-8-6-15(25)7-9-16)30(19)29-23(33)22(32)28-18-4-2-1-3-17(18)26/h1-12H,(H,27,31)(H,28,32)(H,29,33). The van der Waals surface area contributed by atoms with Crippen molar-refractivity contribution in [2.75, 3.05) is 16.1 Å². The number of fused-ring (bicyclic) bond motifs is 1. The number of amides is 3. The molecule has 166 valence electrons. The van der Waals surface area contributed by atoms with Gasteiger partial charge in [0.2, 0.25) is 0 Å². The molecule has 4 rings (SSSR count). The van der Waals surface area contributed by atoms with Crippen molar-refractivity contribution < 1.29 is 14.4 Å². The molecule has 0 aliphatic carbocycles. The Labute approximate surface area is 206 Å². The summed E-state index contributed by atoms with van der Waals surface area (Å²) < 4.78 is 2.06. The molecule has 3 amide bonds. The van der Waals surface area contributed by atoms with E-state index in [1.807, 2.05) is 0 Å². The van der Waals surface area contributed by atoms with E-state index in [0.717, 1.165) is 4.47 Å². The smallest absolute Gasteiger partial charge is 0.321 e. The lowest BCUT2D eigenvalue weighted by molar-refractivity contribution is -0.133. The molecule has 3 N–H and O–H groups in total. The van der Waals surface area contributed by atoms with E-state index in [4.69, 9.17) is 23.2 Å². The second-order valence-electron chi connectivity index (χ2n) is 6.90. The highest BCUT2D eigenvalue weighted by Crippen LogP contribution is 2.24. The van der Waals surface area contributed by atoms with Crippen molar-refractivity contribution in [3.8, 4) is 0 Å². The number of benzene rings is 3. The Morgan fingerprint density at radius 2 is 1.55 bits per heavy atom. The number of aromatic nitrogens is 1. The van der Waals surface area contributed by atoms with Crippen molar-refractivity contribution in [1.82, 2.24) is 4.68 Å². The lowest BCUT2D eigenvalue weighted by Crippen LogP contribution is -2.36. The van der Waals surface area contributed by atoms with Gasteiger partial charge in [0.1, 0.15) is 5.69 Å². The van der Waals surface area contributed by atoms with Crippen LogP contribution in [-0.4, -0.2) is 22.4 Å². The molecule has 0 saturated carbocycles. The van der Waals surface area contributed by atoms with Crippen molar-refractivity contribution in [3.63, 3.8) is 0 Å². The van der Waals surface area contributed by atoms with Gasteiger partial charge >= 0.3 is 11.8 Å². The highest BCUT2D eigenvalue weighted by atomic mass is 79.9. The summed E-state index contributed by atoms with van der Waals surface area (Å²) in [5.74, 6) is -2.40. The molecule has 0 unspecified atom stereocenters. The number of carbonyl (C=O) groups is 3. The van der Waals surface area contributed by atoms with Gasteiger partial charge in [-0.3, -0.25) is 19.8 Å². The van der Waals surface area contributed by atoms with Crippen LogP contribution in [0.3, 0.4) is 0 Å². The van der Waals surface area contributed by atoms with E-state index in [-0.39, 0.29) is 10.7 Å². The number of nitrogens with one attached hydrogen (secondary N) is 3. The molecule has 4 aromatic rings. The third kappa shape index (κ3) is 5.19. The molecular formula is C23H15BrCl2N4O3. The molecule has 0 spiro atoms. The third-order valence-corrected chi connectivity index (χ3v) is 5.71. The minimum Gasteiger partial charge on any atom is -0.321 e. The maximum absolute atomic E-state index is 13.0. The van der Waals surface area contributed by atoms with Gasteiger partial charge in [-0.15, -0.1) is 0 Å². The van der Waals surface area contributed by atoms with Crippen molar-refractivity contribution in [3.05, 3.63) is 93.0 Å². The molecule has 1 aromatic heterocycles. The first-order chi connectivity index (χ1) is 15.8. The highest BCUT2D eigenvalue weighted by Gasteiger charge is 2.21. The van der Waals surface area contributed by atoms with E-state index >= 15 is 0 Å². The molecule has 1 heterocycles. The molecular weight excluding hydrogens is 531 g/mol. The summed E-state index contributed by atoms with van der Waals surface area (Å²) in [7, 11) is 0. The summed E-state index contributed by atoms with van der Waals surface area (Å²) in [4.78, 5) is 38.1. The number of anilines is 2. The summed E-state index contributed by atoms with van der Waals surface area (Å²) in [6.07, 6.45) is 0. The first-order valence-corrected chi connectivity index (χ1v) is 11.1. The lowest BCUT2D eigenvalue weighted by atomic mass is 10.2. The van der Waals surface area contributed by atoms with Crippen molar-refractivity contribution in [2.45, 2.75) is 0 Å². The van der Waals surface area contributed by atoms with Gasteiger partial charge in [-0.05, 0) is 60.7 Å². The van der Waals surface area contributed by atoms with E-state index in [2.05, 4.69) is 32.0 Å². The zero-order valence-electron chi connectivity index (χ0n) is 16.7. The van der Waals surface area contributed by atoms with Gasteiger partial charge in [0, 0.05) is 20.6 Å². The first-order valence-electron chi connectivity index (χ1n) is 9.56. The van der Waals surface area contributed by atoms with Gasteiger partial charge in [0.25, 0.3) is 5.91 Å². The van der Waals surface area contributed by atoms with Crippen LogP contribution in [0.4, 0.5) is 11.4 Å². The molecule has 0 bridgehead atoms. The minimum atomic E-state index is -0.976. The van der Waals surface area contributed by atoms with Gasteiger partial charge in [-0.25, -0.2) is 4.68 Å². The van der Waals surface area contributed by atoms with E-state index in [0.29, 0.717) is 27.3 Å². The first kappa shape index (κ1) is 22.8. The van der Waals surface area contributed by atoms with Crippen LogP contribution in [0.15, 0.2) is 77.3 Å². The minimum absolute atomic E-state index is 0.122. The Morgan fingerprint density at radius 1 is 0.818 bits per heavy atom. The SMILES string of the molecule is O=C(Nc1ccccc1Cl)C(=O)Nn1c(C(=O)Nc2ccc(Cl)cc2)cc2cc(Br)ccc21. The molecule has 0 aliphatic rings. The number of nitrogens with zero attached hydrogens (tertiary/aromatic N) is 1. The average molecular weight is 546 g/mol. The van der Waals surface area contributed by atoms with Crippen LogP contribution in [0, 0.1) is 0 Å². The maximum atomic E-state index is 13.0. The molecule has 0 fully saturated rings. The Kier molecular flexibility index (Phi) is 6.69. The summed E-state index contributed by atoms with van der Waals surface area (Å²) in [5.41, 5.74) is 3.95. The van der Waals surface area contributed by atoms with Crippen LogP contribution in [-0.2, 0) is 9.59 Å². The predicted octanol–water partition coefficient (Wildman–Crippen LogP) is 5.67. The van der Waals surface area contributed by atoms with Crippen molar-refractivity contribution in [2.24, 2.45) is 0 Å². The molecule has 3 aromatic carbocycles. The fraction of sp³-hybridized carbons (Fsp3) is 0. The summed E-state index contributed by atoms with van der Waals surface area (Å²) in [6.45, 7) is 0. The van der Waals surface area contributed by atoms with E-state index in [1.54, 1.807) is 72.8 Å². The Balaban J connectivity index is 1.63. The third-order valence-electron chi connectivity index (χ3n) is 4.64. The number of carbonyl (C=O) groups excluding carboxylic acids is 3. The zero-order valence-corrected chi connectivity index (χ0v) is 19.8. The largest absolute Gasteiger partial charge is 0.328 e. The number of rotatable bonds is 4. The number of hydrogen-bond donors (Lipinski definition) is 3. The van der Waals surface area contributed by atoms with Crippen molar-refractivity contribution >= 4 is 79.1 Å². The Hall–Kier alpha value is -3.33. The monoisotopic (exact) mass is 544 g/mol. The van der Waals surface area contributed by atoms with Crippen LogP contribution in [0.5, 0.6) is 0 Å². The second kappa shape index (κ2) is 9.66. The van der Waals surface area contributed by atoms with E-state index in [1.165, 1.54) is 4.68 Å². The normalized spacial score (nSPS) is 10.6. The molecule has 0 radical (unpaired) electrons. The topological polar surface area (TPSA) is 92.2 Å². The predicted molar refractivity (Wildman–Crippen MR) is 133 cm³/mol. The quantitative estimate of drug-likeness (QED) is 0.288. The molecule has 10 heteroatoms. The average Bonchev–Trinajstić information content (AvgIpc) is 3.14. The molecule has 7 nitrogen and oxygen atoms in total. The fourth-order valence-electron chi connectivity index (χ4n) is 3.10. The van der Waals surface area contributed by atoms with Gasteiger partial charge in [0.15, 0.2) is 0 Å². The van der Waals surface area contributed by atoms with E-state index in [9.17, 15) is 14.4 Å². The summed E-state index contributed by atoms with van der Waals surface area (Å²) >= 11 is 15.3. The number of para-hydroxylation sites is 1. The van der Waals surface area contributed by atoms with Crippen molar-refractivity contribution in [1.29, 1.82) is 0 Å². The molecule has 0 atom stereocenters. The van der Waals surface area contributed by atoms with Crippen LogP contribution in [0.25, 0.3) is 10.9 Å². The molecule has 33 heavy (non-hydrogen) atoms. The summed E-state index contributed by atoms with van der Waals surface area (Å²) in [5, 5.41) is 6.71. The van der Waals surface area contributed by atoms with Crippen LogP contribution in [0.2, 0.25) is 10.0 Å². The van der Waals surface area contributed by atoms with Crippen LogP contribution >= 0.6 is 39.1 Å². The van der Waals surface area contributed by atoms with Crippen LogP contribution in [0.1, 0.15) is 10.5 Å². The summed E-state index contributed by atoms with van der Waals surface area (Å²) in [6, 6.07) is 20.0. The highest BCUT2D eigenvalue weighted by molar-refractivity contribution is 9.10. The maximum Gasteiger partial charge on any atom is 0.328 e. The van der Waals surface area contributed by atoms with E-state index < -0.39 is 17.7 Å². The van der Waals surface area contributed by atoms with Gasteiger partial charge < -0.3 is 10.6 Å². The Bertz CT molecular complexity index is 1390. The molecule has 0 saturated heterocycles. The second-order valence-corrected chi connectivity index (χ2v) is 8.66. The van der Waals surface area contributed by atoms with Gasteiger partial charge in [0.05, 0.1) is 16.2 Å². The van der Waals surface area contributed by atoms with Crippen LogP contribution < -0.4 is 16.1 Å².